The summed E-state index contributed by atoms with van der Waals surface area (Å²) in [6.45, 7) is 0. The minimum Gasteiger partial charge on any atom is -0.478 e. The zero-order chi connectivity index (χ0) is 25.3. The third-order valence-corrected chi connectivity index (χ3v) is 5.02. The Morgan fingerprint density at radius 2 is 1.50 bits per heavy atom. The van der Waals surface area contributed by atoms with Crippen molar-refractivity contribution in [1.82, 2.24) is 10.2 Å². The lowest BCUT2D eigenvalue weighted by Gasteiger charge is -1.99. The number of aldehydes is 1. The maximum absolute atomic E-state index is 11.2. The van der Waals surface area contributed by atoms with E-state index in [1.807, 2.05) is 0 Å². The number of aromatic amines is 1. The SMILES string of the molecule is O=C(O)c1cccc(Cl)c1.O=Cc1c(Cl)cccc1C(=O)O.O=c1[nH]ncc2c(Cl)cccc12. The van der Waals surface area contributed by atoms with Crippen LogP contribution in [0.15, 0.2) is 71.7 Å². The number of rotatable bonds is 3. The number of nitrogens with zero attached hydrogens (tertiary/aromatic N) is 1. The van der Waals surface area contributed by atoms with Crippen LogP contribution in [0.25, 0.3) is 10.8 Å². The zero-order valence-corrected chi connectivity index (χ0v) is 19.3. The highest BCUT2D eigenvalue weighted by Crippen LogP contribution is 2.19. The fourth-order valence-corrected chi connectivity index (χ4v) is 3.18. The molecule has 0 bridgehead atoms. The van der Waals surface area contributed by atoms with Crippen molar-refractivity contribution in [3.8, 4) is 0 Å². The van der Waals surface area contributed by atoms with E-state index in [1.54, 1.807) is 36.5 Å². The lowest BCUT2D eigenvalue weighted by Crippen LogP contribution is -2.06. The van der Waals surface area contributed by atoms with Gasteiger partial charge in [-0.15, -0.1) is 0 Å². The van der Waals surface area contributed by atoms with Crippen molar-refractivity contribution in [1.29, 1.82) is 0 Å². The molecule has 3 aromatic carbocycles. The third kappa shape index (κ3) is 7.14. The van der Waals surface area contributed by atoms with Crippen LogP contribution in [0.4, 0.5) is 0 Å². The Morgan fingerprint density at radius 3 is 2.03 bits per heavy atom. The standard InChI is InChI=1S/C8H5ClN2O.C8H5ClO3.C7H5ClO2/c9-7-3-1-2-5-6(7)4-10-11-8(5)12;9-7-3-1-2-5(8(11)12)6(7)4-10;8-6-3-1-2-5(4-6)7(9)10/h2*1-4H,(H,11,12);1-4H,(H,9,10). The highest BCUT2D eigenvalue weighted by molar-refractivity contribution is 6.35. The summed E-state index contributed by atoms with van der Waals surface area (Å²) in [5.74, 6) is -2.11. The Kier molecular flexibility index (Phi) is 9.76. The van der Waals surface area contributed by atoms with Crippen molar-refractivity contribution in [3.63, 3.8) is 0 Å². The molecule has 0 spiro atoms. The Bertz CT molecular complexity index is 1410. The molecule has 34 heavy (non-hydrogen) atoms. The maximum atomic E-state index is 11.2. The summed E-state index contributed by atoms with van der Waals surface area (Å²) in [5, 5.41) is 25.4. The first-order chi connectivity index (χ1) is 16.1. The van der Waals surface area contributed by atoms with Crippen molar-refractivity contribution in [2.75, 3.05) is 0 Å². The summed E-state index contributed by atoms with van der Waals surface area (Å²) in [6.07, 6.45) is 1.98. The number of hydrogen-bond acceptors (Lipinski definition) is 5. The van der Waals surface area contributed by atoms with Gasteiger partial charge in [-0.1, -0.05) is 53.0 Å². The maximum Gasteiger partial charge on any atom is 0.336 e. The molecule has 8 nitrogen and oxygen atoms in total. The topological polar surface area (TPSA) is 137 Å². The molecular formula is C23H15Cl3N2O6. The third-order valence-electron chi connectivity index (χ3n) is 4.13. The zero-order valence-electron chi connectivity index (χ0n) is 17.0. The molecule has 0 saturated heterocycles. The second-order valence-corrected chi connectivity index (χ2v) is 7.59. The lowest BCUT2D eigenvalue weighted by molar-refractivity contribution is 0.0685. The largest absolute Gasteiger partial charge is 0.478 e. The Labute approximate surface area is 207 Å². The fourth-order valence-electron chi connectivity index (χ4n) is 2.55. The number of halogens is 3. The number of benzene rings is 3. The summed E-state index contributed by atoms with van der Waals surface area (Å²) in [7, 11) is 0. The predicted octanol–water partition coefficient (Wildman–Crippen LogP) is 5.47. The number of hydrogen-bond donors (Lipinski definition) is 3. The van der Waals surface area contributed by atoms with Gasteiger partial charge >= 0.3 is 11.9 Å². The summed E-state index contributed by atoms with van der Waals surface area (Å²) in [6, 6.07) is 15.6. The highest BCUT2D eigenvalue weighted by atomic mass is 35.5. The quantitative estimate of drug-likeness (QED) is 0.304. The van der Waals surface area contributed by atoms with Crippen molar-refractivity contribution >= 4 is 63.8 Å². The smallest absolute Gasteiger partial charge is 0.336 e. The number of H-pyrrole nitrogens is 1. The van der Waals surface area contributed by atoms with E-state index in [0.29, 0.717) is 27.1 Å². The molecule has 11 heteroatoms. The molecule has 0 atom stereocenters. The van der Waals surface area contributed by atoms with Crippen LogP contribution in [-0.2, 0) is 0 Å². The van der Waals surface area contributed by atoms with Gasteiger partial charge in [0, 0.05) is 16.0 Å². The molecular weight excluding hydrogens is 507 g/mol. The second kappa shape index (κ2) is 12.5. The average molecular weight is 522 g/mol. The van der Waals surface area contributed by atoms with E-state index in [9.17, 15) is 19.2 Å². The van der Waals surface area contributed by atoms with Gasteiger partial charge in [-0.25, -0.2) is 14.7 Å². The monoisotopic (exact) mass is 520 g/mol. The van der Waals surface area contributed by atoms with Crippen LogP contribution in [0, 0.1) is 0 Å². The average Bonchev–Trinajstić information content (AvgIpc) is 2.80. The fraction of sp³-hybridized carbons (Fsp3) is 0. The van der Waals surface area contributed by atoms with E-state index in [1.165, 1.54) is 30.3 Å². The van der Waals surface area contributed by atoms with Gasteiger partial charge in [0.25, 0.3) is 5.56 Å². The van der Waals surface area contributed by atoms with Crippen LogP contribution in [0.2, 0.25) is 15.1 Å². The summed E-state index contributed by atoms with van der Waals surface area (Å²) >= 11 is 16.9. The number of carbonyl (C=O) groups is 3. The highest BCUT2D eigenvalue weighted by Gasteiger charge is 2.11. The van der Waals surface area contributed by atoms with E-state index >= 15 is 0 Å². The molecule has 1 heterocycles. The van der Waals surface area contributed by atoms with Gasteiger partial charge in [0.05, 0.1) is 32.8 Å². The van der Waals surface area contributed by atoms with Crippen molar-refractivity contribution in [2.45, 2.75) is 0 Å². The molecule has 174 valence electrons. The van der Waals surface area contributed by atoms with Crippen LogP contribution in [0.1, 0.15) is 31.1 Å². The van der Waals surface area contributed by atoms with E-state index < -0.39 is 11.9 Å². The van der Waals surface area contributed by atoms with Gasteiger partial charge in [-0.3, -0.25) is 9.59 Å². The van der Waals surface area contributed by atoms with Gasteiger partial charge in [-0.2, -0.15) is 5.10 Å². The van der Waals surface area contributed by atoms with Crippen molar-refractivity contribution in [2.24, 2.45) is 0 Å². The normalized spacial score (nSPS) is 9.74. The van der Waals surface area contributed by atoms with Gasteiger partial charge in [0.15, 0.2) is 6.29 Å². The number of fused-ring (bicyclic) bond motifs is 1. The summed E-state index contributed by atoms with van der Waals surface area (Å²) in [4.78, 5) is 42.4. The lowest BCUT2D eigenvalue weighted by atomic mass is 10.1. The van der Waals surface area contributed by atoms with Crippen molar-refractivity contribution < 1.29 is 24.6 Å². The minimum absolute atomic E-state index is 0.0201. The van der Waals surface area contributed by atoms with E-state index in [0.717, 1.165) is 0 Å². The van der Waals surface area contributed by atoms with Crippen LogP contribution < -0.4 is 5.56 Å². The number of carboxylic acid groups (broad SMARTS) is 2. The predicted molar refractivity (Wildman–Crippen MR) is 130 cm³/mol. The molecule has 0 fully saturated rings. The minimum atomic E-state index is -1.15. The van der Waals surface area contributed by atoms with E-state index in [-0.39, 0.29) is 27.3 Å². The van der Waals surface area contributed by atoms with Crippen LogP contribution in [-0.4, -0.2) is 38.6 Å². The molecule has 0 aliphatic heterocycles. The van der Waals surface area contributed by atoms with Crippen LogP contribution in [0.3, 0.4) is 0 Å². The number of carbonyl (C=O) groups excluding carboxylic acids is 1. The van der Waals surface area contributed by atoms with Crippen LogP contribution >= 0.6 is 34.8 Å². The van der Waals surface area contributed by atoms with Crippen LogP contribution in [0.5, 0.6) is 0 Å². The van der Waals surface area contributed by atoms with E-state index in [2.05, 4.69) is 10.2 Å². The first kappa shape index (κ1) is 26.5. The molecule has 4 rings (SSSR count). The van der Waals surface area contributed by atoms with Gasteiger partial charge in [-0.05, 0) is 42.5 Å². The van der Waals surface area contributed by atoms with E-state index in [4.69, 9.17) is 45.0 Å². The summed E-state index contributed by atoms with van der Waals surface area (Å²) < 4.78 is 0. The van der Waals surface area contributed by atoms with Gasteiger partial charge < -0.3 is 10.2 Å². The summed E-state index contributed by atoms with van der Waals surface area (Å²) in [5.41, 5.74) is -0.0494. The number of carboxylic acids is 2. The number of nitrogens with one attached hydrogen (secondary N) is 1. The molecule has 0 aliphatic rings. The van der Waals surface area contributed by atoms with Gasteiger partial charge in [0.2, 0.25) is 0 Å². The molecule has 4 aromatic rings. The Balaban J connectivity index is 0.000000181. The molecule has 3 N–H and O–H groups in total. The Morgan fingerprint density at radius 1 is 0.853 bits per heavy atom. The molecule has 1 aromatic heterocycles. The number of aromatic carboxylic acids is 2. The molecule has 0 amide bonds. The number of aromatic nitrogens is 2. The van der Waals surface area contributed by atoms with Crippen molar-refractivity contribution in [3.05, 3.63) is 109 Å². The molecule has 0 unspecified atom stereocenters. The molecule has 0 saturated carbocycles. The second-order valence-electron chi connectivity index (χ2n) is 6.34. The first-order valence-electron chi connectivity index (χ1n) is 9.23. The molecule has 0 aliphatic carbocycles. The Hall–Kier alpha value is -3.72. The molecule has 0 radical (unpaired) electrons. The first-order valence-corrected chi connectivity index (χ1v) is 10.4. The van der Waals surface area contributed by atoms with Gasteiger partial charge in [0.1, 0.15) is 0 Å².